The maximum atomic E-state index is 13.4. The predicted molar refractivity (Wildman–Crippen MR) is 147 cm³/mol. The van der Waals surface area contributed by atoms with Crippen LogP contribution in [0.1, 0.15) is 24.0 Å². The zero-order valence-electron chi connectivity index (χ0n) is 21.8. The molecule has 0 saturated heterocycles. The summed E-state index contributed by atoms with van der Waals surface area (Å²) in [5.74, 6) is -3.37. The third-order valence-electron chi connectivity index (χ3n) is 5.94. The molecule has 42 heavy (non-hydrogen) atoms. The lowest BCUT2D eigenvalue weighted by Gasteiger charge is -2.19. The van der Waals surface area contributed by atoms with E-state index in [0.29, 0.717) is 0 Å². The van der Waals surface area contributed by atoms with Gasteiger partial charge in [0.2, 0.25) is 0 Å². The van der Waals surface area contributed by atoms with Crippen LogP contribution in [0.3, 0.4) is 0 Å². The molecule has 0 atom stereocenters. The molecule has 0 bridgehead atoms. The SMILES string of the molecule is COC(=O)C1=C(C)N(c2cccc(C(F)(F)F)c2)C(=O)/C1=C/c1ccc(CNC(=O)C(=O)Nc2cc(Cl)cc(Cl)c2)o1. The van der Waals surface area contributed by atoms with E-state index in [-0.39, 0.29) is 56.3 Å². The maximum Gasteiger partial charge on any atom is 0.416 e. The fourth-order valence-electron chi connectivity index (χ4n) is 4.08. The van der Waals surface area contributed by atoms with Gasteiger partial charge in [0, 0.05) is 27.1 Å². The molecule has 1 aliphatic heterocycles. The van der Waals surface area contributed by atoms with Gasteiger partial charge in [-0.05, 0) is 61.5 Å². The second-order valence-electron chi connectivity index (χ2n) is 8.80. The van der Waals surface area contributed by atoms with Crippen LogP contribution in [0.15, 0.2) is 75.9 Å². The number of carbonyl (C=O) groups is 4. The number of methoxy groups -OCH3 is 1. The number of benzene rings is 2. The Kier molecular flexibility index (Phi) is 8.78. The Hall–Kier alpha value is -4.55. The van der Waals surface area contributed by atoms with E-state index in [9.17, 15) is 32.3 Å². The molecule has 0 fully saturated rings. The highest BCUT2D eigenvalue weighted by Gasteiger charge is 2.39. The first-order valence-corrected chi connectivity index (χ1v) is 12.7. The van der Waals surface area contributed by atoms with Gasteiger partial charge in [-0.3, -0.25) is 19.3 Å². The number of nitrogens with zero attached hydrogens (tertiary/aromatic N) is 1. The summed E-state index contributed by atoms with van der Waals surface area (Å²) in [7, 11) is 1.10. The first kappa shape index (κ1) is 30.4. The van der Waals surface area contributed by atoms with E-state index < -0.39 is 35.4 Å². The Morgan fingerprint density at radius 3 is 2.36 bits per heavy atom. The molecule has 0 radical (unpaired) electrons. The van der Waals surface area contributed by atoms with Crippen LogP contribution in [0.2, 0.25) is 10.0 Å². The van der Waals surface area contributed by atoms with Crippen molar-refractivity contribution in [3.8, 4) is 0 Å². The van der Waals surface area contributed by atoms with Gasteiger partial charge in [0.05, 0.1) is 30.4 Å². The fourth-order valence-corrected chi connectivity index (χ4v) is 4.61. The summed E-state index contributed by atoms with van der Waals surface area (Å²) in [6.45, 7) is 1.19. The number of anilines is 2. The Morgan fingerprint density at radius 2 is 1.71 bits per heavy atom. The predicted octanol–water partition coefficient (Wildman–Crippen LogP) is 5.74. The van der Waals surface area contributed by atoms with Crippen molar-refractivity contribution in [3.63, 3.8) is 0 Å². The second-order valence-corrected chi connectivity index (χ2v) is 9.67. The summed E-state index contributed by atoms with van der Waals surface area (Å²) in [6.07, 6.45) is -3.42. The van der Waals surface area contributed by atoms with Crippen molar-refractivity contribution < 1.29 is 41.5 Å². The van der Waals surface area contributed by atoms with Crippen molar-refractivity contribution >= 4 is 64.3 Å². The van der Waals surface area contributed by atoms with Crippen LogP contribution >= 0.6 is 23.2 Å². The molecule has 4 rings (SSSR count). The van der Waals surface area contributed by atoms with Crippen molar-refractivity contribution in [2.75, 3.05) is 17.3 Å². The first-order chi connectivity index (χ1) is 19.8. The normalized spacial score (nSPS) is 14.4. The lowest BCUT2D eigenvalue weighted by atomic mass is 10.1. The molecule has 1 aromatic heterocycles. The van der Waals surface area contributed by atoms with Crippen LogP contribution in [-0.4, -0.2) is 30.8 Å². The maximum absolute atomic E-state index is 13.4. The number of allylic oxidation sites excluding steroid dienone is 1. The minimum Gasteiger partial charge on any atom is -0.465 e. The monoisotopic (exact) mass is 621 g/mol. The molecule has 2 aromatic carbocycles. The molecule has 0 spiro atoms. The van der Waals surface area contributed by atoms with Gasteiger partial charge in [0.25, 0.3) is 5.91 Å². The number of nitrogens with one attached hydrogen (secondary N) is 2. The Bertz CT molecular complexity index is 1640. The topological polar surface area (TPSA) is 118 Å². The van der Waals surface area contributed by atoms with Gasteiger partial charge in [-0.2, -0.15) is 13.2 Å². The second kappa shape index (κ2) is 12.1. The highest BCUT2D eigenvalue weighted by Crippen LogP contribution is 2.38. The Morgan fingerprint density at radius 1 is 1.02 bits per heavy atom. The van der Waals surface area contributed by atoms with Gasteiger partial charge in [-0.1, -0.05) is 29.3 Å². The highest BCUT2D eigenvalue weighted by molar-refractivity contribution is 6.40. The number of halogens is 5. The van der Waals surface area contributed by atoms with Gasteiger partial charge in [-0.25, -0.2) is 4.79 Å². The van der Waals surface area contributed by atoms with E-state index in [0.717, 1.165) is 30.2 Å². The van der Waals surface area contributed by atoms with E-state index >= 15 is 0 Å². The lowest BCUT2D eigenvalue weighted by molar-refractivity contribution is -0.137. The number of ether oxygens (including phenoxy) is 1. The van der Waals surface area contributed by atoms with Gasteiger partial charge in [-0.15, -0.1) is 0 Å². The summed E-state index contributed by atoms with van der Waals surface area (Å²) in [6, 6.07) is 11.3. The van der Waals surface area contributed by atoms with Gasteiger partial charge in [0.15, 0.2) is 0 Å². The van der Waals surface area contributed by atoms with Crippen molar-refractivity contribution in [1.29, 1.82) is 0 Å². The number of rotatable bonds is 6. The smallest absolute Gasteiger partial charge is 0.416 e. The molecule has 3 amide bonds. The van der Waals surface area contributed by atoms with Crippen molar-refractivity contribution in [1.82, 2.24) is 5.32 Å². The van der Waals surface area contributed by atoms with Crippen LogP contribution in [0.25, 0.3) is 6.08 Å². The van der Waals surface area contributed by atoms with Crippen LogP contribution in [-0.2, 0) is 36.6 Å². The molecule has 3 aromatic rings. The van der Waals surface area contributed by atoms with E-state index in [1.54, 1.807) is 0 Å². The third-order valence-corrected chi connectivity index (χ3v) is 6.38. The minimum atomic E-state index is -4.65. The zero-order chi connectivity index (χ0) is 30.8. The summed E-state index contributed by atoms with van der Waals surface area (Å²) in [5.41, 5.74) is -1.14. The van der Waals surface area contributed by atoms with E-state index in [1.807, 2.05) is 0 Å². The lowest BCUT2D eigenvalue weighted by Crippen LogP contribution is -2.34. The molecule has 218 valence electrons. The van der Waals surface area contributed by atoms with Crippen molar-refractivity contribution in [2.45, 2.75) is 19.6 Å². The molecule has 2 heterocycles. The molecular weight excluding hydrogens is 602 g/mol. The van der Waals surface area contributed by atoms with Gasteiger partial charge in [0.1, 0.15) is 11.5 Å². The van der Waals surface area contributed by atoms with Crippen LogP contribution < -0.4 is 15.5 Å². The third kappa shape index (κ3) is 6.67. The zero-order valence-corrected chi connectivity index (χ0v) is 23.3. The summed E-state index contributed by atoms with van der Waals surface area (Å²) in [4.78, 5) is 51.4. The first-order valence-electron chi connectivity index (χ1n) is 12.0. The molecule has 0 unspecified atom stereocenters. The number of esters is 1. The number of amides is 3. The van der Waals surface area contributed by atoms with E-state index in [4.69, 9.17) is 32.4 Å². The number of carbonyl (C=O) groups excluding carboxylic acids is 4. The largest absolute Gasteiger partial charge is 0.465 e. The quantitative estimate of drug-likeness (QED) is 0.206. The molecule has 9 nitrogen and oxygen atoms in total. The van der Waals surface area contributed by atoms with E-state index in [2.05, 4.69) is 10.6 Å². The molecule has 2 N–H and O–H groups in total. The van der Waals surface area contributed by atoms with E-state index in [1.165, 1.54) is 49.4 Å². The average molecular weight is 622 g/mol. The molecule has 1 aliphatic rings. The molecular formula is C28H20Cl2F3N3O6. The summed E-state index contributed by atoms with van der Waals surface area (Å²) >= 11 is 11.8. The van der Waals surface area contributed by atoms with Crippen LogP contribution in [0, 0.1) is 0 Å². The highest BCUT2D eigenvalue weighted by atomic mass is 35.5. The molecule has 0 saturated carbocycles. The minimum absolute atomic E-state index is 0.0588. The number of hydrogen-bond donors (Lipinski definition) is 2. The number of alkyl halides is 3. The average Bonchev–Trinajstić information content (AvgIpc) is 3.47. The number of furan rings is 1. The van der Waals surface area contributed by atoms with Crippen LogP contribution in [0.5, 0.6) is 0 Å². The van der Waals surface area contributed by atoms with Crippen molar-refractivity contribution in [3.05, 3.63) is 98.6 Å². The molecule has 0 aliphatic carbocycles. The number of hydrogen-bond acceptors (Lipinski definition) is 6. The fraction of sp³-hybridized carbons (Fsp3) is 0.143. The van der Waals surface area contributed by atoms with Gasteiger partial charge < -0.3 is 19.8 Å². The standard InChI is InChI=1S/C28H20Cl2F3N3O6/c1-14-23(27(40)41-2)22(26(39)36(14)19-5-3-4-15(8-19)28(31,32)33)12-20-6-7-21(42-20)13-34-24(37)25(38)35-18-10-16(29)9-17(30)11-18/h3-12H,13H2,1-2H3,(H,34,37)(H,35,38)/b22-12+. The summed E-state index contributed by atoms with van der Waals surface area (Å²) in [5, 5.41) is 5.25. The van der Waals surface area contributed by atoms with Crippen LogP contribution in [0.4, 0.5) is 24.5 Å². The Labute approximate surface area is 246 Å². The van der Waals surface area contributed by atoms with Crippen molar-refractivity contribution in [2.24, 2.45) is 0 Å². The molecule has 14 heteroatoms. The summed E-state index contributed by atoms with van der Waals surface area (Å²) < 4.78 is 50.3. The Balaban J connectivity index is 1.52. The van der Waals surface area contributed by atoms with Gasteiger partial charge >= 0.3 is 24.0 Å².